The number of carbonyl (C=O) groups is 1. The van der Waals surface area contributed by atoms with Gasteiger partial charge in [0.1, 0.15) is 5.82 Å². The van der Waals surface area contributed by atoms with Crippen LogP contribution in [0.5, 0.6) is 0 Å². The molecule has 0 atom stereocenters. The second-order valence-corrected chi connectivity index (χ2v) is 5.87. The third-order valence-corrected chi connectivity index (χ3v) is 3.76. The van der Waals surface area contributed by atoms with Gasteiger partial charge < -0.3 is 15.1 Å². The quantitative estimate of drug-likeness (QED) is 0.822. The van der Waals surface area contributed by atoms with Crippen molar-refractivity contribution in [3.8, 4) is 0 Å². The first-order chi connectivity index (χ1) is 10.1. The first-order valence-electron chi connectivity index (χ1n) is 7.76. The fourth-order valence-corrected chi connectivity index (χ4v) is 2.50. The van der Waals surface area contributed by atoms with Crippen molar-refractivity contribution in [2.24, 2.45) is 0 Å². The van der Waals surface area contributed by atoms with Crippen molar-refractivity contribution in [2.45, 2.75) is 25.7 Å². The van der Waals surface area contributed by atoms with E-state index in [1.54, 1.807) is 0 Å². The molecule has 1 aromatic heterocycles. The number of aromatic nitrogens is 1. The molecule has 1 aliphatic heterocycles. The van der Waals surface area contributed by atoms with Gasteiger partial charge in [-0.05, 0) is 51.1 Å². The molecule has 5 heteroatoms. The Kier molecular flexibility index (Phi) is 5.99. The maximum Gasteiger partial charge on any atom is 0.220 e. The van der Waals surface area contributed by atoms with E-state index < -0.39 is 0 Å². The molecule has 0 unspecified atom stereocenters. The largest absolute Gasteiger partial charge is 0.357 e. The van der Waals surface area contributed by atoms with E-state index in [0.29, 0.717) is 13.0 Å². The molecule has 0 spiro atoms. The van der Waals surface area contributed by atoms with Gasteiger partial charge in [-0.25, -0.2) is 4.98 Å². The number of nitrogens with one attached hydrogen (secondary N) is 1. The Labute approximate surface area is 127 Å². The number of pyridine rings is 1. The molecule has 21 heavy (non-hydrogen) atoms. The van der Waals surface area contributed by atoms with Crippen LogP contribution in [0.1, 0.15) is 24.8 Å². The third kappa shape index (κ3) is 5.34. The van der Waals surface area contributed by atoms with Crippen LogP contribution in [0.4, 0.5) is 5.82 Å². The molecule has 0 aromatic carbocycles. The maximum absolute atomic E-state index is 11.8. The third-order valence-electron chi connectivity index (χ3n) is 3.76. The predicted octanol–water partition coefficient (Wildman–Crippen LogP) is 1.29. The molecule has 1 aliphatic rings. The minimum absolute atomic E-state index is 0.122. The van der Waals surface area contributed by atoms with Gasteiger partial charge in [-0.3, -0.25) is 4.79 Å². The summed E-state index contributed by atoms with van der Waals surface area (Å²) in [5.41, 5.74) is 1.19. The fourth-order valence-electron chi connectivity index (χ4n) is 2.50. The Morgan fingerprint density at radius 1 is 1.38 bits per heavy atom. The smallest absolute Gasteiger partial charge is 0.220 e. The lowest BCUT2D eigenvalue weighted by Gasteiger charge is -2.16. The van der Waals surface area contributed by atoms with Crippen LogP contribution in [0.2, 0.25) is 0 Å². The highest BCUT2D eigenvalue weighted by Gasteiger charge is 2.13. The van der Waals surface area contributed by atoms with Crippen molar-refractivity contribution >= 4 is 11.7 Å². The van der Waals surface area contributed by atoms with Gasteiger partial charge in [-0.15, -0.1) is 0 Å². The molecule has 5 nitrogen and oxygen atoms in total. The summed E-state index contributed by atoms with van der Waals surface area (Å²) in [4.78, 5) is 20.6. The number of hydrogen-bond donors (Lipinski definition) is 1. The zero-order chi connectivity index (χ0) is 15.1. The van der Waals surface area contributed by atoms with E-state index in [1.807, 2.05) is 26.4 Å². The second-order valence-electron chi connectivity index (χ2n) is 5.87. The van der Waals surface area contributed by atoms with Gasteiger partial charge in [0, 0.05) is 38.8 Å². The molecule has 1 fully saturated rings. The molecule has 2 rings (SSSR count). The van der Waals surface area contributed by atoms with Crippen LogP contribution in [-0.2, 0) is 11.2 Å². The summed E-state index contributed by atoms with van der Waals surface area (Å²) in [7, 11) is 4.01. The lowest BCUT2D eigenvalue weighted by molar-refractivity contribution is -0.121. The Balaban J connectivity index is 1.77. The van der Waals surface area contributed by atoms with Crippen molar-refractivity contribution in [3.05, 3.63) is 23.9 Å². The first kappa shape index (κ1) is 15.8. The zero-order valence-corrected chi connectivity index (χ0v) is 13.1. The molecular formula is C16H26N4O. The first-order valence-corrected chi connectivity index (χ1v) is 7.76. The molecule has 0 bridgehead atoms. The number of nitrogens with zero attached hydrogens (tertiary/aromatic N) is 3. The minimum Gasteiger partial charge on any atom is -0.357 e. The predicted molar refractivity (Wildman–Crippen MR) is 85.6 cm³/mol. The highest BCUT2D eigenvalue weighted by atomic mass is 16.1. The summed E-state index contributed by atoms with van der Waals surface area (Å²) >= 11 is 0. The Hall–Kier alpha value is -1.62. The van der Waals surface area contributed by atoms with Crippen LogP contribution in [0.3, 0.4) is 0 Å². The van der Waals surface area contributed by atoms with E-state index in [2.05, 4.69) is 26.2 Å². The normalized spacial score (nSPS) is 14.7. The number of carbonyl (C=O) groups excluding carboxylic acids is 1. The van der Waals surface area contributed by atoms with Crippen LogP contribution in [-0.4, -0.2) is 56.1 Å². The van der Waals surface area contributed by atoms with Crippen LogP contribution in [0.15, 0.2) is 18.3 Å². The molecule has 116 valence electrons. The van der Waals surface area contributed by atoms with Gasteiger partial charge in [0.15, 0.2) is 0 Å². The molecule has 1 N–H and O–H groups in total. The summed E-state index contributed by atoms with van der Waals surface area (Å²) in [6.45, 7) is 3.78. The van der Waals surface area contributed by atoms with Gasteiger partial charge in [0.25, 0.3) is 0 Å². The number of likely N-dealkylation sites (N-methyl/N-ethyl adjacent to an activating group) is 1. The number of amides is 1. The van der Waals surface area contributed by atoms with E-state index in [1.165, 1.54) is 18.4 Å². The van der Waals surface area contributed by atoms with Gasteiger partial charge in [-0.2, -0.15) is 0 Å². The van der Waals surface area contributed by atoms with Gasteiger partial charge in [0.05, 0.1) is 0 Å². The van der Waals surface area contributed by atoms with E-state index in [4.69, 9.17) is 0 Å². The molecular weight excluding hydrogens is 264 g/mol. The van der Waals surface area contributed by atoms with Crippen LogP contribution < -0.4 is 10.2 Å². The van der Waals surface area contributed by atoms with Crippen molar-refractivity contribution in [3.63, 3.8) is 0 Å². The second kappa shape index (κ2) is 7.98. The molecule has 0 saturated carbocycles. The molecule has 0 radical (unpaired) electrons. The van der Waals surface area contributed by atoms with Crippen molar-refractivity contribution in [2.75, 3.05) is 45.2 Å². The Morgan fingerprint density at radius 2 is 2.14 bits per heavy atom. The monoisotopic (exact) mass is 290 g/mol. The van der Waals surface area contributed by atoms with Gasteiger partial charge in [0.2, 0.25) is 5.91 Å². The van der Waals surface area contributed by atoms with E-state index >= 15 is 0 Å². The van der Waals surface area contributed by atoms with E-state index in [-0.39, 0.29) is 5.91 Å². The molecule has 2 heterocycles. The lowest BCUT2D eigenvalue weighted by Crippen LogP contribution is -2.31. The standard InChI is InChI=1S/C16H26N4O/c1-19(2)12-9-18-16(21)6-5-14-7-8-17-15(13-14)20-10-3-4-11-20/h7-8,13H,3-6,9-12H2,1-2H3,(H,18,21). The number of aryl methyl sites for hydroxylation is 1. The summed E-state index contributed by atoms with van der Waals surface area (Å²) in [5, 5.41) is 2.95. The van der Waals surface area contributed by atoms with Crippen LogP contribution >= 0.6 is 0 Å². The number of anilines is 1. The highest BCUT2D eigenvalue weighted by Crippen LogP contribution is 2.18. The Morgan fingerprint density at radius 3 is 2.86 bits per heavy atom. The Bertz CT molecular complexity index is 455. The maximum atomic E-state index is 11.8. The van der Waals surface area contributed by atoms with E-state index in [9.17, 15) is 4.79 Å². The SMILES string of the molecule is CN(C)CCNC(=O)CCc1ccnc(N2CCCC2)c1. The van der Waals surface area contributed by atoms with Crippen molar-refractivity contribution in [1.29, 1.82) is 0 Å². The average molecular weight is 290 g/mol. The van der Waals surface area contributed by atoms with Gasteiger partial charge in [-0.1, -0.05) is 0 Å². The highest BCUT2D eigenvalue weighted by molar-refractivity contribution is 5.76. The summed E-state index contributed by atoms with van der Waals surface area (Å²) in [5.74, 6) is 1.18. The fraction of sp³-hybridized carbons (Fsp3) is 0.625. The molecule has 1 saturated heterocycles. The lowest BCUT2D eigenvalue weighted by atomic mass is 10.1. The molecule has 1 amide bonds. The van der Waals surface area contributed by atoms with Crippen LogP contribution in [0, 0.1) is 0 Å². The summed E-state index contributed by atoms with van der Waals surface area (Å²) in [6, 6.07) is 4.13. The number of rotatable bonds is 7. The van der Waals surface area contributed by atoms with Crippen LogP contribution in [0.25, 0.3) is 0 Å². The molecule has 1 aromatic rings. The molecule has 0 aliphatic carbocycles. The van der Waals surface area contributed by atoms with Crippen molar-refractivity contribution in [1.82, 2.24) is 15.2 Å². The van der Waals surface area contributed by atoms with Crippen molar-refractivity contribution < 1.29 is 4.79 Å². The zero-order valence-electron chi connectivity index (χ0n) is 13.1. The average Bonchev–Trinajstić information content (AvgIpc) is 2.99. The summed E-state index contributed by atoms with van der Waals surface area (Å²) < 4.78 is 0. The van der Waals surface area contributed by atoms with Gasteiger partial charge >= 0.3 is 0 Å². The van der Waals surface area contributed by atoms with E-state index in [0.717, 1.165) is 31.9 Å². The topological polar surface area (TPSA) is 48.5 Å². The minimum atomic E-state index is 0.122. The summed E-state index contributed by atoms with van der Waals surface area (Å²) in [6.07, 6.45) is 5.67. The number of hydrogen-bond acceptors (Lipinski definition) is 4.